The topological polar surface area (TPSA) is 69.8 Å². The molecule has 3 N–H and O–H groups in total. The third kappa shape index (κ3) is 5.44. The van der Waals surface area contributed by atoms with Gasteiger partial charge < -0.3 is 10.6 Å². The van der Waals surface area contributed by atoms with Gasteiger partial charge in [0.2, 0.25) is 5.91 Å². The minimum atomic E-state index is 0.0693. The molecule has 1 aliphatic rings. The number of H-pyrrole nitrogens is 1. The van der Waals surface area contributed by atoms with Crippen molar-refractivity contribution in [1.29, 1.82) is 0 Å². The third-order valence-electron chi connectivity index (χ3n) is 4.32. The second kappa shape index (κ2) is 7.27. The molecule has 0 aliphatic carbocycles. The zero-order valence-corrected chi connectivity index (χ0v) is 14.3. The van der Waals surface area contributed by atoms with E-state index in [4.69, 9.17) is 0 Å². The number of nitrogens with one attached hydrogen (secondary N) is 3. The number of aromatic nitrogens is 2. The van der Waals surface area contributed by atoms with Crippen molar-refractivity contribution in [2.24, 2.45) is 17.3 Å². The number of hydrogen-bond acceptors (Lipinski definition) is 3. The SMILES string of the molecule is CC(CC(=O)Nc1cc(CC(C)(C)C)[nH]n1)C1CCNCC1. The quantitative estimate of drug-likeness (QED) is 0.783. The maximum absolute atomic E-state index is 12.2. The molecule has 0 radical (unpaired) electrons. The molecular weight excluding hydrogens is 276 g/mol. The number of piperidine rings is 1. The molecule has 22 heavy (non-hydrogen) atoms. The van der Waals surface area contributed by atoms with E-state index >= 15 is 0 Å². The fraction of sp³-hybridized carbons (Fsp3) is 0.765. The van der Waals surface area contributed by atoms with Crippen molar-refractivity contribution in [3.63, 3.8) is 0 Å². The van der Waals surface area contributed by atoms with Crippen molar-refractivity contribution in [3.05, 3.63) is 11.8 Å². The van der Waals surface area contributed by atoms with Gasteiger partial charge in [-0.1, -0.05) is 27.7 Å². The van der Waals surface area contributed by atoms with Crippen LogP contribution in [-0.4, -0.2) is 29.2 Å². The van der Waals surface area contributed by atoms with Gasteiger partial charge in [0, 0.05) is 18.2 Å². The summed E-state index contributed by atoms with van der Waals surface area (Å²) >= 11 is 0. The Morgan fingerprint density at radius 2 is 2.09 bits per heavy atom. The van der Waals surface area contributed by atoms with Crippen molar-refractivity contribution < 1.29 is 4.79 Å². The van der Waals surface area contributed by atoms with Crippen molar-refractivity contribution in [3.8, 4) is 0 Å². The van der Waals surface area contributed by atoms with E-state index in [-0.39, 0.29) is 11.3 Å². The molecule has 1 fully saturated rings. The van der Waals surface area contributed by atoms with Crippen LogP contribution in [0.2, 0.25) is 0 Å². The lowest BCUT2D eigenvalue weighted by Gasteiger charge is -2.27. The van der Waals surface area contributed by atoms with Gasteiger partial charge in [-0.2, -0.15) is 5.10 Å². The first-order valence-electron chi connectivity index (χ1n) is 8.38. The Bertz CT molecular complexity index is 483. The van der Waals surface area contributed by atoms with E-state index in [1.165, 1.54) is 12.8 Å². The average molecular weight is 306 g/mol. The number of aromatic amines is 1. The highest BCUT2D eigenvalue weighted by atomic mass is 16.1. The molecule has 1 amide bonds. The van der Waals surface area contributed by atoms with Crippen LogP contribution in [0.5, 0.6) is 0 Å². The van der Waals surface area contributed by atoms with Gasteiger partial charge in [-0.05, 0) is 49.6 Å². The predicted molar refractivity (Wildman–Crippen MR) is 89.8 cm³/mol. The van der Waals surface area contributed by atoms with E-state index in [0.717, 1.165) is 25.2 Å². The predicted octanol–water partition coefficient (Wildman–Crippen LogP) is 2.96. The maximum atomic E-state index is 12.2. The van der Waals surface area contributed by atoms with Gasteiger partial charge in [0.25, 0.3) is 0 Å². The summed E-state index contributed by atoms with van der Waals surface area (Å²) in [6, 6.07) is 1.94. The minimum absolute atomic E-state index is 0.0693. The number of rotatable bonds is 5. The van der Waals surface area contributed by atoms with Crippen LogP contribution in [0.4, 0.5) is 5.82 Å². The Labute approximate surface area is 133 Å². The fourth-order valence-electron chi connectivity index (χ4n) is 3.15. The van der Waals surface area contributed by atoms with Crippen LogP contribution < -0.4 is 10.6 Å². The lowest BCUT2D eigenvalue weighted by atomic mass is 9.84. The summed E-state index contributed by atoms with van der Waals surface area (Å²) in [6.07, 6.45) is 3.84. The standard InChI is InChI=1S/C17H30N4O/c1-12(13-5-7-18-8-6-13)9-16(22)19-15-10-14(20-21-15)11-17(2,3)4/h10,12-13,18H,5-9,11H2,1-4H3,(H2,19,20,21,22). The highest BCUT2D eigenvalue weighted by Gasteiger charge is 2.22. The molecule has 0 spiro atoms. The van der Waals surface area contributed by atoms with Gasteiger partial charge in [0.05, 0.1) is 0 Å². The second-order valence-electron chi connectivity index (χ2n) is 7.83. The summed E-state index contributed by atoms with van der Waals surface area (Å²) in [5.74, 6) is 1.79. The highest BCUT2D eigenvalue weighted by Crippen LogP contribution is 2.25. The van der Waals surface area contributed by atoms with Crippen LogP contribution in [0.15, 0.2) is 6.07 Å². The lowest BCUT2D eigenvalue weighted by Crippen LogP contribution is -2.32. The molecule has 1 aromatic heterocycles. The van der Waals surface area contributed by atoms with Gasteiger partial charge in [0.1, 0.15) is 0 Å². The lowest BCUT2D eigenvalue weighted by molar-refractivity contribution is -0.117. The van der Waals surface area contributed by atoms with Crippen molar-refractivity contribution in [2.75, 3.05) is 18.4 Å². The summed E-state index contributed by atoms with van der Waals surface area (Å²) in [5, 5.41) is 13.5. The molecule has 0 aromatic carbocycles. The first kappa shape index (κ1) is 17.0. The van der Waals surface area contributed by atoms with Crippen LogP contribution in [-0.2, 0) is 11.2 Å². The zero-order valence-electron chi connectivity index (χ0n) is 14.3. The second-order valence-corrected chi connectivity index (χ2v) is 7.83. The Kier molecular flexibility index (Phi) is 5.62. The van der Waals surface area contributed by atoms with Crippen LogP contribution >= 0.6 is 0 Å². The molecule has 1 atom stereocenters. The number of hydrogen-bond donors (Lipinski definition) is 3. The Hall–Kier alpha value is -1.36. The van der Waals surface area contributed by atoms with Crippen LogP contribution in [0.25, 0.3) is 0 Å². The van der Waals surface area contributed by atoms with E-state index in [9.17, 15) is 4.79 Å². The molecule has 0 bridgehead atoms. The number of carbonyl (C=O) groups excluding carboxylic acids is 1. The largest absolute Gasteiger partial charge is 0.317 e. The molecule has 2 rings (SSSR count). The molecule has 5 heteroatoms. The molecule has 124 valence electrons. The number of nitrogens with zero attached hydrogens (tertiary/aromatic N) is 1. The summed E-state index contributed by atoms with van der Waals surface area (Å²) < 4.78 is 0. The third-order valence-corrected chi connectivity index (χ3v) is 4.32. The maximum Gasteiger partial charge on any atom is 0.225 e. The van der Waals surface area contributed by atoms with Crippen LogP contribution in [0.1, 0.15) is 52.7 Å². The number of anilines is 1. The highest BCUT2D eigenvalue weighted by molar-refractivity contribution is 5.89. The van der Waals surface area contributed by atoms with Gasteiger partial charge in [-0.15, -0.1) is 0 Å². The zero-order chi connectivity index (χ0) is 16.2. The van der Waals surface area contributed by atoms with Crippen molar-refractivity contribution in [1.82, 2.24) is 15.5 Å². The fourth-order valence-corrected chi connectivity index (χ4v) is 3.15. The Morgan fingerprint density at radius 3 is 2.73 bits per heavy atom. The number of carbonyl (C=O) groups is 1. The van der Waals surface area contributed by atoms with E-state index in [2.05, 4.69) is 48.5 Å². The molecule has 1 aliphatic heterocycles. The molecule has 2 heterocycles. The minimum Gasteiger partial charge on any atom is -0.317 e. The molecular formula is C17H30N4O. The van der Waals surface area contributed by atoms with Crippen LogP contribution in [0, 0.1) is 17.3 Å². The van der Waals surface area contributed by atoms with E-state index in [0.29, 0.717) is 24.1 Å². The van der Waals surface area contributed by atoms with Gasteiger partial charge in [0.15, 0.2) is 5.82 Å². The molecule has 5 nitrogen and oxygen atoms in total. The van der Waals surface area contributed by atoms with Crippen molar-refractivity contribution in [2.45, 2.75) is 53.4 Å². The summed E-state index contributed by atoms with van der Waals surface area (Å²) in [7, 11) is 0. The van der Waals surface area contributed by atoms with Gasteiger partial charge in [-0.25, -0.2) is 0 Å². The molecule has 1 unspecified atom stereocenters. The summed E-state index contributed by atoms with van der Waals surface area (Å²) in [5.41, 5.74) is 1.27. The normalized spacial score (nSPS) is 18.2. The monoisotopic (exact) mass is 306 g/mol. The first-order chi connectivity index (χ1) is 10.3. The average Bonchev–Trinajstić information content (AvgIpc) is 2.84. The van der Waals surface area contributed by atoms with E-state index < -0.39 is 0 Å². The molecule has 1 aromatic rings. The Morgan fingerprint density at radius 1 is 1.41 bits per heavy atom. The van der Waals surface area contributed by atoms with Crippen molar-refractivity contribution >= 4 is 11.7 Å². The number of amides is 1. The summed E-state index contributed by atoms with van der Waals surface area (Å²) in [6.45, 7) is 10.9. The van der Waals surface area contributed by atoms with E-state index in [1.807, 2.05) is 6.07 Å². The molecule has 1 saturated heterocycles. The first-order valence-corrected chi connectivity index (χ1v) is 8.38. The molecule has 0 saturated carbocycles. The Balaban J connectivity index is 1.81. The van der Waals surface area contributed by atoms with Crippen LogP contribution in [0.3, 0.4) is 0 Å². The smallest absolute Gasteiger partial charge is 0.225 e. The van der Waals surface area contributed by atoms with Gasteiger partial charge in [-0.3, -0.25) is 9.89 Å². The van der Waals surface area contributed by atoms with E-state index in [1.54, 1.807) is 0 Å². The van der Waals surface area contributed by atoms with Gasteiger partial charge >= 0.3 is 0 Å². The summed E-state index contributed by atoms with van der Waals surface area (Å²) in [4.78, 5) is 12.2.